The van der Waals surface area contributed by atoms with Crippen LogP contribution in [-0.4, -0.2) is 34.7 Å². The number of hydrazine groups is 1. The maximum absolute atomic E-state index is 12.3. The zero-order valence-electron chi connectivity index (χ0n) is 14.6. The Morgan fingerprint density at radius 3 is 2.77 bits per heavy atom. The van der Waals surface area contributed by atoms with Crippen molar-refractivity contribution >= 4 is 23.2 Å². The predicted octanol–water partition coefficient (Wildman–Crippen LogP) is 2.84. The van der Waals surface area contributed by atoms with E-state index in [0.29, 0.717) is 16.4 Å². The second kappa shape index (κ2) is 8.73. The Bertz CT molecular complexity index is 752. The summed E-state index contributed by atoms with van der Waals surface area (Å²) in [6.45, 7) is 0.859. The Hall–Kier alpha value is -2.51. The molecule has 1 aromatic heterocycles. The largest absolute Gasteiger partial charge is 0.497 e. The smallest absolute Gasteiger partial charge is 0.257 e. The van der Waals surface area contributed by atoms with E-state index in [1.165, 1.54) is 0 Å². The van der Waals surface area contributed by atoms with Crippen LogP contribution in [0.5, 0.6) is 5.75 Å². The Balaban J connectivity index is 1.61. The van der Waals surface area contributed by atoms with Gasteiger partial charge in [-0.2, -0.15) is 0 Å². The van der Waals surface area contributed by atoms with Crippen LogP contribution >= 0.6 is 12.2 Å². The molecule has 1 fully saturated rings. The number of hydrogen-bond donors (Lipinski definition) is 2. The summed E-state index contributed by atoms with van der Waals surface area (Å²) in [5.74, 6) is 0.454. The van der Waals surface area contributed by atoms with Crippen LogP contribution in [-0.2, 0) is 0 Å². The number of rotatable bonds is 4. The van der Waals surface area contributed by atoms with E-state index in [2.05, 4.69) is 26.8 Å². The first-order valence-corrected chi connectivity index (χ1v) is 9.01. The van der Waals surface area contributed by atoms with Gasteiger partial charge >= 0.3 is 0 Å². The molecule has 7 heteroatoms. The molecule has 0 unspecified atom stereocenters. The summed E-state index contributed by atoms with van der Waals surface area (Å²) >= 11 is 5.34. The number of nitrogens with zero attached hydrogens (tertiary/aromatic N) is 2. The normalized spacial score (nSPS) is 17.3. The van der Waals surface area contributed by atoms with Crippen molar-refractivity contribution in [2.45, 2.75) is 25.3 Å². The van der Waals surface area contributed by atoms with Crippen molar-refractivity contribution in [1.82, 2.24) is 20.7 Å². The first-order valence-electron chi connectivity index (χ1n) is 8.60. The number of pyridine rings is 1. The number of nitrogens with one attached hydrogen (secondary N) is 2. The van der Waals surface area contributed by atoms with Crippen molar-refractivity contribution in [2.75, 3.05) is 13.7 Å². The Labute approximate surface area is 158 Å². The lowest BCUT2D eigenvalue weighted by molar-refractivity contribution is 0.0957. The zero-order chi connectivity index (χ0) is 18.4. The summed E-state index contributed by atoms with van der Waals surface area (Å²) in [6, 6.07) is 11.1. The second-order valence-corrected chi connectivity index (χ2v) is 6.52. The highest BCUT2D eigenvalue weighted by molar-refractivity contribution is 7.80. The molecule has 1 aliphatic rings. The predicted molar refractivity (Wildman–Crippen MR) is 104 cm³/mol. The molecule has 0 bridgehead atoms. The van der Waals surface area contributed by atoms with Crippen LogP contribution in [0.3, 0.4) is 0 Å². The molecule has 6 nitrogen and oxygen atoms in total. The van der Waals surface area contributed by atoms with Crippen LogP contribution in [0.15, 0.2) is 48.8 Å². The molecule has 2 N–H and O–H groups in total. The van der Waals surface area contributed by atoms with Gasteiger partial charge in [0.25, 0.3) is 5.91 Å². The summed E-state index contributed by atoms with van der Waals surface area (Å²) in [7, 11) is 1.59. The van der Waals surface area contributed by atoms with Gasteiger partial charge in [-0.3, -0.25) is 20.5 Å². The zero-order valence-corrected chi connectivity index (χ0v) is 15.5. The maximum atomic E-state index is 12.3. The van der Waals surface area contributed by atoms with Gasteiger partial charge in [0, 0.05) is 24.5 Å². The summed E-state index contributed by atoms with van der Waals surface area (Å²) in [4.78, 5) is 16.5. The quantitative estimate of drug-likeness (QED) is 0.807. The average Bonchev–Trinajstić information content (AvgIpc) is 2.69. The van der Waals surface area contributed by atoms with Crippen molar-refractivity contribution in [2.24, 2.45) is 0 Å². The van der Waals surface area contributed by atoms with E-state index in [0.717, 1.165) is 31.4 Å². The topological polar surface area (TPSA) is 66.5 Å². The molecule has 26 heavy (non-hydrogen) atoms. The Morgan fingerprint density at radius 1 is 1.27 bits per heavy atom. The molecular weight excluding hydrogens is 348 g/mol. The molecule has 0 radical (unpaired) electrons. The number of amides is 1. The summed E-state index contributed by atoms with van der Waals surface area (Å²) in [5, 5.41) is 5.11. The van der Waals surface area contributed by atoms with E-state index < -0.39 is 0 Å². The number of benzene rings is 1. The van der Waals surface area contributed by atoms with Gasteiger partial charge in [-0.1, -0.05) is 12.5 Å². The van der Waals surface area contributed by atoms with Gasteiger partial charge in [0.1, 0.15) is 5.75 Å². The highest BCUT2D eigenvalue weighted by atomic mass is 32.1. The standard InChI is InChI=1S/C19H22N4O2S/c1-25-16-9-7-14(8-10-16)18(24)21-19(26)22-23-12-3-2-6-17(23)15-5-4-11-20-13-15/h4-5,7-11,13,17H,2-3,6,12H2,1H3,(H2,21,22,24,26)/t17-/m1/s1. The molecule has 1 atom stereocenters. The third-order valence-electron chi connectivity index (χ3n) is 4.40. The van der Waals surface area contributed by atoms with Gasteiger partial charge in [-0.15, -0.1) is 0 Å². The fourth-order valence-corrected chi connectivity index (χ4v) is 3.27. The number of methoxy groups -OCH3 is 1. The molecule has 136 valence electrons. The van der Waals surface area contributed by atoms with E-state index in [1.54, 1.807) is 37.6 Å². The van der Waals surface area contributed by atoms with Crippen molar-refractivity contribution in [3.05, 3.63) is 59.9 Å². The lowest BCUT2D eigenvalue weighted by Crippen LogP contribution is -2.51. The molecular formula is C19H22N4O2S. The second-order valence-electron chi connectivity index (χ2n) is 6.11. The summed E-state index contributed by atoms with van der Waals surface area (Å²) in [5.41, 5.74) is 4.84. The van der Waals surface area contributed by atoms with Gasteiger partial charge in [0.2, 0.25) is 0 Å². The molecule has 0 aliphatic carbocycles. The SMILES string of the molecule is COc1ccc(C(=O)NC(=S)NN2CCCC[C@@H]2c2cccnc2)cc1. The minimum absolute atomic E-state index is 0.188. The number of carbonyl (C=O) groups excluding carboxylic acids is 1. The fourth-order valence-electron chi connectivity index (χ4n) is 3.06. The van der Waals surface area contributed by atoms with E-state index in [-0.39, 0.29) is 11.9 Å². The molecule has 1 aromatic carbocycles. The third kappa shape index (κ3) is 4.56. The molecule has 0 spiro atoms. The van der Waals surface area contributed by atoms with Crippen LogP contribution in [0.4, 0.5) is 0 Å². The van der Waals surface area contributed by atoms with Crippen molar-refractivity contribution in [3.63, 3.8) is 0 Å². The fraction of sp³-hybridized carbons (Fsp3) is 0.316. The van der Waals surface area contributed by atoms with Crippen molar-refractivity contribution < 1.29 is 9.53 Å². The third-order valence-corrected chi connectivity index (χ3v) is 4.59. The first-order chi connectivity index (χ1) is 12.7. The van der Waals surface area contributed by atoms with E-state index in [9.17, 15) is 4.79 Å². The number of ether oxygens (including phenoxy) is 1. The molecule has 2 aromatic rings. The van der Waals surface area contributed by atoms with Crippen molar-refractivity contribution in [1.29, 1.82) is 0 Å². The van der Waals surface area contributed by atoms with Crippen LogP contribution in [0, 0.1) is 0 Å². The number of carbonyl (C=O) groups is 1. The van der Waals surface area contributed by atoms with Crippen LogP contribution in [0.25, 0.3) is 0 Å². The lowest BCUT2D eigenvalue weighted by atomic mass is 9.98. The van der Waals surface area contributed by atoms with Crippen LogP contribution < -0.4 is 15.5 Å². The average molecular weight is 370 g/mol. The molecule has 1 aliphatic heterocycles. The molecule has 2 heterocycles. The number of piperidine rings is 1. The molecule has 1 amide bonds. The minimum atomic E-state index is -0.250. The number of aromatic nitrogens is 1. The van der Waals surface area contributed by atoms with Crippen LogP contribution in [0.1, 0.15) is 41.2 Å². The van der Waals surface area contributed by atoms with Crippen molar-refractivity contribution in [3.8, 4) is 5.75 Å². The molecule has 1 saturated heterocycles. The van der Waals surface area contributed by atoms with Crippen LogP contribution in [0.2, 0.25) is 0 Å². The Kier molecular flexibility index (Phi) is 6.14. The van der Waals surface area contributed by atoms with Gasteiger partial charge in [-0.25, -0.2) is 5.01 Å². The highest BCUT2D eigenvalue weighted by Crippen LogP contribution is 2.28. The van der Waals surface area contributed by atoms with Gasteiger partial charge < -0.3 is 4.74 Å². The molecule has 3 rings (SSSR count). The molecule has 0 saturated carbocycles. The monoisotopic (exact) mass is 370 g/mol. The van der Waals surface area contributed by atoms with E-state index in [1.807, 2.05) is 12.3 Å². The first kappa shape index (κ1) is 18.3. The van der Waals surface area contributed by atoms with E-state index >= 15 is 0 Å². The van der Waals surface area contributed by atoms with Gasteiger partial charge in [0.05, 0.1) is 13.2 Å². The number of hydrogen-bond acceptors (Lipinski definition) is 5. The van der Waals surface area contributed by atoms with Gasteiger partial charge in [-0.05, 0) is 61.0 Å². The Morgan fingerprint density at radius 2 is 2.08 bits per heavy atom. The minimum Gasteiger partial charge on any atom is -0.497 e. The lowest BCUT2D eigenvalue weighted by Gasteiger charge is -2.36. The summed E-state index contributed by atoms with van der Waals surface area (Å²) in [6.07, 6.45) is 6.91. The highest BCUT2D eigenvalue weighted by Gasteiger charge is 2.25. The van der Waals surface area contributed by atoms with E-state index in [4.69, 9.17) is 17.0 Å². The van der Waals surface area contributed by atoms with Gasteiger partial charge in [0.15, 0.2) is 5.11 Å². The summed E-state index contributed by atoms with van der Waals surface area (Å²) < 4.78 is 5.10. The number of thiocarbonyl (C=S) groups is 1. The maximum Gasteiger partial charge on any atom is 0.257 e.